The molecule has 106 valence electrons. The molecule has 0 saturated heterocycles. The van der Waals surface area contributed by atoms with E-state index in [2.05, 4.69) is 13.0 Å². The standard InChI is InChI=1S/C16H21N3O/c1-12-6-5-9-16(18,10-12)15(20)19(2)14-8-4-3-7-13(14)11-17/h3-4,7-8,12H,5-6,9-10,18H2,1-2H3. The zero-order valence-corrected chi connectivity index (χ0v) is 12.1. The number of benzene rings is 1. The number of nitriles is 1. The molecule has 0 heterocycles. The van der Waals surface area contributed by atoms with Crippen LogP contribution in [0.2, 0.25) is 0 Å². The van der Waals surface area contributed by atoms with Gasteiger partial charge in [0, 0.05) is 7.05 Å². The van der Waals surface area contributed by atoms with Crippen LogP contribution in [0.15, 0.2) is 24.3 Å². The summed E-state index contributed by atoms with van der Waals surface area (Å²) in [6.45, 7) is 2.14. The van der Waals surface area contributed by atoms with Gasteiger partial charge < -0.3 is 10.6 Å². The highest BCUT2D eigenvalue weighted by atomic mass is 16.2. The highest BCUT2D eigenvalue weighted by Gasteiger charge is 2.40. The Morgan fingerprint density at radius 1 is 1.50 bits per heavy atom. The van der Waals surface area contributed by atoms with Crippen molar-refractivity contribution in [3.63, 3.8) is 0 Å². The first-order chi connectivity index (χ1) is 9.48. The van der Waals surface area contributed by atoms with Crippen molar-refractivity contribution in [2.24, 2.45) is 11.7 Å². The first-order valence-electron chi connectivity index (χ1n) is 7.04. The molecule has 0 radical (unpaired) electrons. The molecule has 1 saturated carbocycles. The summed E-state index contributed by atoms with van der Waals surface area (Å²) in [7, 11) is 1.70. The Morgan fingerprint density at radius 3 is 2.85 bits per heavy atom. The first-order valence-corrected chi connectivity index (χ1v) is 7.04. The van der Waals surface area contributed by atoms with Crippen LogP contribution in [0, 0.1) is 17.2 Å². The molecule has 2 rings (SSSR count). The number of nitrogens with two attached hydrogens (primary N) is 1. The Morgan fingerprint density at radius 2 is 2.20 bits per heavy atom. The third-order valence-electron chi connectivity index (χ3n) is 4.15. The van der Waals surface area contributed by atoms with E-state index in [1.807, 2.05) is 6.07 Å². The smallest absolute Gasteiger partial charge is 0.246 e. The number of rotatable bonds is 2. The lowest BCUT2D eigenvalue weighted by molar-refractivity contribution is -0.125. The molecule has 1 aromatic carbocycles. The summed E-state index contributed by atoms with van der Waals surface area (Å²) in [5.41, 5.74) is 6.68. The van der Waals surface area contributed by atoms with Crippen LogP contribution in [0.4, 0.5) is 5.69 Å². The summed E-state index contributed by atoms with van der Waals surface area (Å²) in [5.74, 6) is 0.379. The Bertz CT molecular complexity index is 549. The van der Waals surface area contributed by atoms with Crippen molar-refractivity contribution >= 4 is 11.6 Å². The van der Waals surface area contributed by atoms with Gasteiger partial charge in [0.05, 0.1) is 16.8 Å². The number of nitrogens with zero attached hydrogens (tertiary/aromatic N) is 2. The average Bonchev–Trinajstić information content (AvgIpc) is 2.45. The minimum absolute atomic E-state index is 0.0910. The number of para-hydroxylation sites is 1. The number of likely N-dealkylation sites (N-methyl/N-ethyl adjacent to an activating group) is 1. The Balaban J connectivity index is 2.26. The minimum Gasteiger partial charge on any atom is -0.317 e. The number of anilines is 1. The highest BCUT2D eigenvalue weighted by molar-refractivity contribution is 6.00. The van der Waals surface area contributed by atoms with Crippen molar-refractivity contribution in [2.45, 2.75) is 38.1 Å². The third kappa shape index (κ3) is 2.68. The van der Waals surface area contributed by atoms with Gasteiger partial charge in [-0.15, -0.1) is 0 Å². The third-order valence-corrected chi connectivity index (χ3v) is 4.15. The maximum atomic E-state index is 12.7. The summed E-state index contributed by atoms with van der Waals surface area (Å²) in [6, 6.07) is 9.24. The second kappa shape index (κ2) is 5.64. The molecule has 1 amide bonds. The van der Waals surface area contributed by atoms with Gasteiger partial charge in [0.15, 0.2) is 0 Å². The van der Waals surface area contributed by atoms with E-state index >= 15 is 0 Å². The molecule has 2 N–H and O–H groups in total. The summed E-state index contributed by atoms with van der Waals surface area (Å²) >= 11 is 0. The zero-order chi connectivity index (χ0) is 14.8. The topological polar surface area (TPSA) is 70.1 Å². The van der Waals surface area contributed by atoms with Crippen LogP contribution < -0.4 is 10.6 Å². The number of hydrogen-bond donors (Lipinski definition) is 1. The Kier molecular flexibility index (Phi) is 4.10. The summed E-state index contributed by atoms with van der Waals surface area (Å²) in [4.78, 5) is 14.3. The van der Waals surface area contributed by atoms with Gasteiger partial charge in [-0.1, -0.05) is 31.9 Å². The number of carbonyl (C=O) groups excluding carboxylic acids is 1. The average molecular weight is 271 g/mol. The van der Waals surface area contributed by atoms with E-state index in [1.165, 1.54) is 4.90 Å². The fourth-order valence-electron chi connectivity index (χ4n) is 3.09. The molecular formula is C16H21N3O. The fraction of sp³-hybridized carbons (Fsp3) is 0.500. The van der Waals surface area contributed by atoms with Gasteiger partial charge in [0.1, 0.15) is 6.07 Å². The molecule has 4 heteroatoms. The summed E-state index contributed by atoms with van der Waals surface area (Å²) < 4.78 is 0. The largest absolute Gasteiger partial charge is 0.317 e. The fourth-order valence-corrected chi connectivity index (χ4v) is 3.09. The van der Waals surface area contributed by atoms with Crippen LogP contribution in [0.5, 0.6) is 0 Å². The molecule has 1 fully saturated rings. The molecule has 1 aliphatic rings. The maximum absolute atomic E-state index is 12.7. The molecule has 2 unspecified atom stereocenters. The molecule has 2 atom stereocenters. The van der Waals surface area contributed by atoms with E-state index in [1.54, 1.807) is 25.2 Å². The highest BCUT2D eigenvalue weighted by Crippen LogP contribution is 2.33. The van der Waals surface area contributed by atoms with E-state index in [4.69, 9.17) is 11.0 Å². The van der Waals surface area contributed by atoms with E-state index in [9.17, 15) is 4.79 Å². The molecule has 20 heavy (non-hydrogen) atoms. The maximum Gasteiger partial charge on any atom is 0.246 e. The molecule has 1 aliphatic carbocycles. The second-order valence-corrected chi connectivity index (χ2v) is 5.85. The Labute approximate surface area is 120 Å². The summed E-state index contributed by atoms with van der Waals surface area (Å²) in [5, 5.41) is 9.15. The Hall–Kier alpha value is -1.86. The molecule has 4 nitrogen and oxygen atoms in total. The van der Waals surface area contributed by atoms with E-state index in [0.717, 1.165) is 19.3 Å². The SMILES string of the molecule is CC1CCCC(N)(C(=O)N(C)c2ccccc2C#N)C1. The van der Waals surface area contributed by atoms with E-state index < -0.39 is 5.54 Å². The van der Waals surface area contributed by atoms with Crippen molar-refractivity contribution in [1.29, 1.82) is 5.26 Å². The van der Waals surface area contributed by atoms with Gasteiger partial charge in [0.2, 0.25) is 5.91 Å². The number of hydrogen-bond acceptors (Lipinski definition) is 3. The van der Waals surface area contributed by atoms with Gasteiger partial charge in [-0.05, 0) is 30.9 Å². The quantitative estimate of drug-likeness (QED) is 0.898. The van der Waals surface area contributed by atoms with Crippen LogP contribution >= 0.6 is 0 Å². The van der Waals surface area contributed by atoms with Crippen LogP contribution in [0.25, 0.3) is 0 Å². The molecule has 0 aromatic heterocycles. The van der Waals surface area contributed by atoms with Gasteiger partial charge in [-0.25, -0.2) is 0 Å². The van der Waals surface area contributed by atoms with Crippen LogP contribution in [-0.4, -0.2) is 18.5 Å². The van der Waals surface area contributed by atoms with Crippen molar-refractivity contribution < 1.29 is 4.79 Å². The number of carbonyl (C=O) groups is 1. The molecule has 1 aromatic rings. The molecule has 0 bridgehead atoms. The second-order valence-electron chi connectivity index (χ2n) is 5.85. The lowest BCUT2D eigenvalue weighted by atomic mass is 9.76. The van der Waals surface area contributed by atoms with Gasteiger partial charge in [-0.3, -0.25) is 4.79 Å². The predicted octanol–water partition coefficient (Wildman–Crippen LogP) is 2.43. The van der Waals surface area contributed by atoms with Gasteiger partial charge in [-0.2, -0.15) is 5.26 Å². The van der Waals surface area contributed by atoms with Crippen molar-refractivity contribution in [3.8, 4) is 6.07 Å². The van der Waals surface area contributed by atoms with Gasteiger partial charge in [0.25, 0.3) is 0 Å². The van der Waals surface area contributed by atoms with Gasteiger partial charge >= 0.3 is 0 Å². The summed E-state index contributed by atoms with van der Waals surface area (Å²) in [6.07, 6.45) is 3.54. The van der Waals surface area contributed by atoms with E-state index in [0.29, 0.717) is 23.6 Å². The lowest BCUT2D eigenvalue weighted by Gasteiger charge is -2.38. The van der Waals surface area contributed by atoms with Crippen molar-refractivity contribution in [2.75, 3.05) is 11.9 Å². The zero-order valence-electron chi connectivity index (χ0n) is 12.1. The lowest BCUT2D eigenvalue weighted by Crippen LogP contribution is -2.56. The molecule has 0 aliphatic heterocycles. The number of amides is 1. The van der Waals surface area contributed by atoms with E-state index in [-0.39, 0.29) is 5.91 Å². The normalized spacial score (nSPS) is 25.8. The molecular weight excluding hydrogens is 250 g/mol. The van der Waals surface area contributed by atoms with Crippen molar-refractivity contribution in [3.05, 3.63) is 29.8 Å². The van der Waals surface area contributed by atoms with Crippen molar-refractivity contribution in [1.82, 2.24) is 0 Å². The minimum atomic E-state index is -0.797. The predicted molar refractivity (Wildman–Crippen MR) is 79.1 cm³/mol. The first kappa shape index (κ1) is 14.5. The van der Waals surface area contributed by atoms with Crippen LogP contribution in [0.1, 0.15) is 38.2 Å². The molecule has 0 spiro atoms. The van der Waals surface area contributed by atoms with Crippen LogP contribution in [-0.2, 0) is 4.79 Å². The van der Waals surface area contributed by atoms with Crippen LogP contribution in [0.3, 0.4) is 0 Å². The monoisotopic (exact) mass is 271 g/mol.